The molecular weight excluding hydrogens is 246 g/mol. The van der Waals surface area contributed by atoms with Gasteiger partial charge in [0.25, 0.3) is 0 Å². The zero-order valence-corrected chi connectivity index (χ0v) is 10.6. The Morgan fingerprint density at radius 3 is 2.37 bits per heavy atom. The molecule has 19 heavy (non-hydrogen) atoms. The van der Waals surface area contributed by atoms with Gasteiger partial charge in [-0.1, -0.05) is 36.9 Å². The van der Waals surface area contributed by atoms with Gasteiger partial charge in [0.15, 0.2) is 0 Å². The number of carboxylic acid groups (broad SMARTS) is 2. The number of aliphatic carboxylic acids is 2. The summed E-state index contributed by atoms with van der Waals surface area (Å²) in [4.78, 5) is 22.7. The molecule has 0 radical (unpaired) electrons. The normalized spacial score (nSPS) is 10.4. The maximum Gasteiger partial charge on any atom is 0.317 e. The van der Waals surface area contributed by atoms with Gasteiger partial charge in [0.05, 0.1) is 13.1 Å². The molecule has 0 amide bonds. The minimum atomic E-state index is -1.03. The van der Waals surface area contributed by atoms with Gasteiger partial charge in [-0.25, -0.2) is 0 Å². The Kier molecular flexibility index (Phi) is 5.75. The van der Waals surface area contributed by atoms with Crippen molar-refractivity contribution < 1.29 is 19.8 Å². The smallest absolute Gasteiger partial charge is 0.317 e. The summed E-state index contributed by atoms with van der Waals surface area (Å²) in [7, 11) is 0. The number of hydrogen-bond acceptors (Lipinski definition) is 3. The third kappa shape index (κ3) is 5.83. The molecule has 0 heterocycles. The molecule has 0 saturated heterocycles. The van der Waals surface area contributed by atoms with Crippen LogP contribution in [0.4, 0.5) is 0 Å². The van der Waals surface area contributed by atoms with Gasteiger partial charge in [-0.3, -0.25) is 14.5 Å². The quantitative estimate of drug-likeness (QED) is 0.740. The van der Waals surface area contributed by atoms with Crippen molar-refractivity contribution in [3.8, 4) is 0 Å². The van der Waals surface area contributed by atoms with Crippen molar-refractivity contribution in [3.05, 3.63) is 42.0 Å². The molecule has 0 aliphatic rings. The number of benzene rings is 1. The van der Waals surface area contributed by atoms with Gasteiger partial charge in [-0.2, -0.15) is 0 Å². The van der Waals surface area contributed by atoms with Crippen molar-refractivity contribution in [2.24, 2.45) is 0 Å². The van der Waals surface area contributed by atoms with Crippen molar-refractivity contribution in [1.82, 2.24) is 4.90 Å². The van der Waals surface area contributed by atoms with Crippen LogP contribution in [0.5, 0.6) is 0 Å². The van der Waals surface area contributed by atoms with E-state index >= 15 is 0 Å². The molecule has 0 aromatic heterocycles. The average molecular weight is 263 g/mol. The summed E-state index contributed by atoms with van der Waals surface area (Å²) in [6, 6.07) is 7.69. The van der Waals surface area contributed by atoms with Crippen LogP contribution in [0.2, 0.25) is 0 Å². The highest BCUT2D eigenvalue weighted by Crippen LogP contribution is 2.07. The Morgan fingerprint density at radius 1 is 1.21 bits per heavy atom. The van der Waals surface area contributed by atoms with Gasteiger partial charge < -0.3 is 10.2 Å². The standard InChI is InChI=1S/C14H17NO4/c1-2-11-4-3-5-12(8-11)6-7-15(9-13(16)17)10-14(18)19/h2-5,8H,1,6-7,9-10H2,(H,16,17)(H,18,19). The summed E-state index contributed by atoms with van der Waals surface area (Å²) in [6.07, 6.45) is 2.33. The maximum atomic E-state index is 10.7. The second-order valence-corrected chi connectivity index (χ2v) is 4.20. The monoisotopic (exact) mass is 263 g/mol. The van der Waals surface area contributed by atoms with E-state index in [1.807, 2.05) is 24.3 Å². The molecule has 0 fully saturated rings. The summed E-state index contributed by atoms with van der Waals surface area (Å²) in [6.45, 7) is 3.53. The number of nitrogens with zero attached hydrogens (tertiary/aromatic N) is 1. The summed E-state index contributed by atoms with van der Waals surface area (Å²) < 4.78 is 0. The molecule has 5 nitrogen and oxygen atoms in total. The highest BCUT2D eigenvalue weighted by Gasteiger charge is 2.13. The van der Waals surface area contributed by atoms with Crippen LogP contribution in [0.15, 0.2) is 30.8 Å². The second kappa shape index (κ2) is 7.33. The Balaban J connectivity index is 2.61. The van der Waals surface area contributed by atoms with Crippen LogP contribution in [-0.4, -0.2) is 46.7 Å². The van der Waals surface area contributed by atoms with E-state index in [4.69, 9.17) is 10.2 Å². The number of carboxylic acids is 2. The van der Waals surface area contributed by atoms with Crippen LogP contribution in [0, 0.1) is 0 Å². The minimum absolute atomic E-state index is 0.270. The molecule has 0 spiro atoms. The predicted octanol–water partition coefficient (Wildman–Crippen LogP) is 1.34. The molecule has 5 heteroatoms. The fraction of sp³-hybridized carbons (Fsp3) is 0.286. The average Bonchev–Trinajstić information content (AvgIpc) is 2.35. The van der Waals surface area contributed by atoms with Crippen LogP contribution >= 0.6 is 0 Å². The summed E-state index contributed by atoms with van der Waals surface area (Å²) >= 11 is 0. The molecule has 0 aliphatic carbocycles. The van der Waals surface area contributed by atoms with Crippen molar-refractivity contribution in [2.75, 3.05) is 19.6 Å². The van der Waals surface area contributed by atoms with Gasteiger partial charge in [-0.05, 0) is 17.5 Å². The fourth-order valence-corrected chi connectivity index (χ4v) is 1.76. The highest BCUT2D eigenvalue weighted by molar-refractivity contribution is 5.72. The van der Waals surface area contributed by atoms with Gasteiger partial charge in [-0.15, -0.1) is 0 Å². The van der Waals surface area contributed by atoms with E-state index < -0.39 is 11.9 Å². The summed E-state index contributed by atoms with van der Waals surface area (Å²) in [5.41, 5.74) is 2.01. The molecule has 1 aromatic rings. The highest BCUT2D eigenvalue weighted by atomic mass is 16.4. The van der Waals surface area contributed by atoms with Crippen LogP contribution in [0.3, 0.4) is 0 Å². The number of hydrogen-bond donors (Lipinski definition) is 2. The summed E-state index contributed by atoms with van der Waals surface area (Å²) in [5, 5.41) is 17.5. The van der Waals surface area contributed by atoms with Crippen molar-refractivity contribution in [3.63, 3.8) is 0 Å². The maximum absolute atomic E-state index is 10.7. The SMILES string of the molecule is C=Cc1cccc(CCN(CC(=O)O)CC(=O)O)c1. The third-order valence-electron chi connectivity index (χ3n) is 2.62. The molecule has 102 valence electrons. The lowest BCUT2D eigenvalue weighted by atomic mass is 10.1. The molecule has 2 N–H and O–H groups in total. The van der Waals surface area contributed by atoms with Crippen molar-refractivity contribution >= 4 is 18.0 Å². The van der Waals surface area contributed by atoms with E-state index in [0.29, 0.717) is 13.0 Å². The van der Waals surface area contributed by atoms with Crippen molar-refractivity contribution in [2.45, 2.75) is 6.42 Å². The zero-order valence-electron chi connectivity index (χ0n) is 10.6. The van der Waals surface area contributed by atoms with Crippen molar-refractivity contribution in [1.29, 1.82) is 0 Å². The van der Waals surface area contributed by atoms with E-state index in [-0.39, 0.29) is 13.1 Å². The molecule has 1 aromatic carbocycles. The molecule has 0 aliphatic heterocycles. The third-order valence-corrected chi connectivity index (χ3v) is 2.62. The van der Waals surface area contributed by atoms with Crippen LogP contribution in [-0.2, 0) is 16.0 Å². The zero-order chi connectivity index (χ0) is 14.3. The Labute approximate surface area is 111 Å². The van der Waals surface area contributed by atoms with E-state index in [1.165, 1.54) is 4.90 Å². The van der Waals surface area contributed by atoms with Gasteiger partial charge >= 0.3 is 11.9 Å². The largest absolute Gasteiger partial charge is 0.480 e. The Hall–Kier alpha value is -2.14. The van der Waals surface area contributed by atoms with Crippen LogP contribution in [0.1, 0.15) is 11.1 Å². The van der Waals surface area contributed by atoms with Crippen LogP contribution < -0.4 is 0 Å². The molecule has 0 saturated carbocycles. The summed E-state index contributed by atoms with van der Waals surface area (Å²) in [5.74, 6) is -2.05. The molecule has 0 atom stereocenters. The first-order valence-corrected chi connectivity index (χ1v) is 5.88. The van der Waals surface area contributed by atoms with E-state index in [9.17, 15) is 9.59 Å². The number of rotatable bonds is 8. The first kappa shape index (κ1) is 14.9. The molecule has 1 rings (SSSR count). The van der Waals surface area contributed by atoms with E-state index in [1.54, 1.807) is 6.08 Å². The first-order valence-electron chi connectivity index (χ1n) is 5.88. The van der Waals surface area contributed by atoms with E-state index in [2.05, 4.69) is 6.58 Å². The van der Waals surface area contributed by atoms with Gasteiger partial charge in [0.2, 0.25) is 0 Å². The van der Waals surface area contributed by atoms with Crippen LogP contribution in [0.25, 0.3) is 6.08 Å². The topological polar surface area (TPSA) is 77.8 Å². The fourth-order valence-electron chi connectivity index (χ4n) is 1.76. The lowest BCUT2D eigenvalue weighted by Crippen LogP contribution is -2.35. The first-order chi connectivity index (χ1) is 9.01. The predicted molar refractivity (Wildman–Crippen MR) is 71.9 cm³/mol. The molecular formula is C14H17NO4. The molecule has 0 unspecified atom stereocenters. The Morgan fingerprint density at radius 2 is 1.84 bits per heavy atom. The lowest BCUT2D eigenvalue weighted by molar-refractivity contribution is -0.141. The second-order valence-electron chi connectivity index (χ2n) is 4.20. The number of carbonyl (C=O) groups is 2. The van der Waals surface area contributed by atoms with Gasteiger partial charge in [0, 0.05) is 6.54 Å². The Bertz CT molecular complexity index is 454. The minimum Gasteiger partial charge on any atom is -0.480 e. The van der Waals surface area contributed by atoms with Gasteiger partial charge in [0.1, 0.15) is 0 Å². The lowest BCUT2D eigenvalue weighted by Gasteiger charge is -2.17. The van der Waals surface area contributed by atoms with E-state index in [0.717, 1.165) is 11.1 Å². The molecule has 0 bridgehead atoms.